The third kappa shape index (κ3) is 8.35. The van der Waals surface area contributed by atoms with Crippen molar-refractivity contribution in [3.63, 3.8) is 0 Å². The Bertz CT molecular complexity index is 728. The molecule has 0 saturated carbocycles. The van der Waals surface area contributed by atoms with Crippen molar-refractivity contribution >= 4 is 17.6 Å². The Hall–Kier alpha value is -2.37. The summed E-state index contributed by atoms with van der Waals surface area (Å²) in [6.07, 6.45) is -3.34. The number of carbonyl (C=O) groups is 2. The summed E-state index contributed by atoms with van der Waals surface area (Å²) >= 11 is 0. The lowest BCUT2D eigenvalue weighted by atomic mass is 9.97. The van der Waals surface area contributed by atoms with E-state index in [0.717, 1.165) is 12.1 Å². The number of alkyl halides is 3. The molecule has 1 aliphatic rings. The summed E-state index contributed by atoms with van der Waals surface area (Å²) < 4.78 is 43.5. The van der Waals surface area contributed by atoms with E-state index in [1.54, 1.807) is 19.0 Å². The number of nitrogens with one attached hydrogen (secondary N) is 3. The van der Waals surface area contributed by atoms with Crippen molar-refractivity contribution in [3.05, 3.63) is 29.8 Å². The van der Waals surface area contributed by atoms with Gasteiger partial charge in [-0.05, 0) is 57.6 Å². The van der Waals surface area contributed by atoms with Crippen molar-refractivity contribution in [1.82, 2.24) is 15.5 Å². The van der Waals surface area contributed by atoms with Crippen LogP contribution in [-0.4, -0.2) is 74.0 Å². The van der Waals surface area contributed by atoms with Crippen LogP contribution in [-0.2, 0) is 15.7 Å². The highest BCUT2D eigenvalue weighted by Gasteiger charge is 2.32. The van der Waals surface area contributed by atoms with Crippen molar-refractivity contribution in [3.8, 4) is 0 Å². The summed E-state index contributed by atoms with van der Waals surface area (Å²) in [5.41, 5.74) is -0.543. The number of anilines is 1. The molecule has 3 atom stereocenters. The fourth-order valence-electron chi connectivity index (χ4n) is 3.31. The molecule has 2 rings (SSSR count). The molecular weight excluding hydrogens is 417 g/mol. The van der Waals surface area contributed by atoms with Gasteiger partial charge in [-0.25, -0.2) is 4.79 Å². The molecule has 0 spiro atoms. The van der Waals surface area contributed by atoms with Crippen LogP contribution >= 0.6 is 0 Å². The van der Waals surface area contributed by atoms with Gasteiger partial charge in [0.1, 0.15) is 6.10 Å². The van der Waals surface area contributed by atoms with E-state index < -0.39 is 23.9 Å². The number of hydrogen-bond acceptors (Lipinski definition) is 5. The van der Waals surface area contributed by atoms with Gasteiger partial charge in [0.05, 0.1) is 30.9 Å². The number of halogens is 3. The molecule has 0 aromatic heterocycles. The molecule has 1 aliphatic heterocycles. The number of benzene rings is 1. The summed E-state index contributed by atoms with van der Waals surface area (Å²) in [4.78, 5) is 25.6. The van der Waals surface area contributed by atoms with E-state index in [-0.39, 0.29) is 43.4 Å². The molecule has 31 heavy (non-hydrogen) atoms. The molecule has 4 N–H and O–H groups in total. The van der Waals surface area contributed by atoms with Gasteiger partial charge in [0.2, 0.25) is 5.91 Å². The SMILES string of the molecule is CN(C)CC(=O)N[C@@H]1CC[C@@H](CCNC(=O)Nc2ccc(C(F)(F)F)cc2)O[C@@H]1CO. The lowest BCUT2D eigenvalue weighted by Crippen LogP contribution is -2.52. The molecule has 1 fully saturated rings. The monoisotopic (exact) mass is 446 g/mol. The number of urea groups is 1. The van der Waals surface area contributed by atoms with E-state index >= 15 is 0 Å². The summed E-state index contributed by atoms with van der Waals surface area (Å²) in [7, 11) is 3.58. The van der Waals surface area contributed by atoms with Crippen molar-refractivity contribution in [2.24, 2.45) is 0 Å². The Balaban J connectivity index is 1.72. The Labute approximate surface area is 179 Å². The Kier molecular flexibility index (Phi) is 9.08. The normalized spacial score (nSPS) is 21.6. The van der Waals surface area contributed by atoms with Gasteiger partial charge in [-0.15, -0.1) is 0 Å². The van der Waals surface area contributed by atoms with Crippen molar-refractivity contribution in [2.75, 3.05) is 39.1 Å². The largest absolute Gasteiger partial charge is 0.416 e. The second kappa shape index (κ2) is 11.3. The van der Waals surface area contributed by atoms with E-state index in [1.807, 2.05) is 0 Å². The zero-order valence-corrected chi connectivity index (χ0v) is 17.5. The highest BCUT2D eigenvalue weighted by Crippen LogP contribution is 2.29. The van der Waals surface area contributed by atoms with Gasteiger partial charge in [0.25, 0.3) is 0 Å². The molecule has 1 aromatic rings. The third-order valence-corrected chi connectivity index (χ3v) is 4.82. The second-order valence-electron chi connectivity index (χ2n) is 7.71. The first-order chi connectivity index (χ1) is 14.6. The van der Waals surface area contributed by atoms with Gasteiger partial charge >= 0.3 is 12.2 Å². The average Bonchev–Trinajstić information content (AvgIpc) is 2.68. The first-order valence-corrected chi connectivity index (χ1v) is 10.0. The smallest absolute Gasteiger partial charge is 0.394 e. The molecule has 0 aliphatic carbocycles. The molecule has 0 unspecified atom stereocenters. The van der Waals surface area contributed by atoms with Gasteiger partial charge in [0, 0.05) is 12.2 Å². The number of nitrogens with zero attached hydrogens (tertiary/aromatic N) is 1. The van der Waals surface area contributed by atoms with Gasteiger partial charge in [-0.1, -0.05) is 0 Å². The van der Waals surface area contributed by atoms with E-state index in [9.17, 15) is 27.9 Å². The minimum Gasteiger partial charge on any atom is -0.394 e. The number of likely N-dealkylation sites (N-methyl/N-ethyl adjacent to an activating group) is 1. The maximum absolute atomic E-state index is 12.6. The number of amides is 3. The first kappa shape index (κ1) is 24.9. The second-order valence-corrected chi connectivity index (χ2v) is 7.71. The summed E-state index contributed by atoms with van der Waals surface area (Å²) in [5.74, 6) is -0.142. The van der Waals surface area contributed by atoms with Crippen LogP contribution in [0.5, 0.6) is 0 Å². The summed E-state index contributed by atoms with van der Waals surface area (Å²) in [5, 5.41) is 17.6. The molecule has 0 radical (unpaired) electrons. The molecule has 1 heterocycles. The number of aliphatic hydroxyl groups excluding tert-OH is 1. The number of carbonyl (C=O) groups excluding carboxylic acids is 2. The van der Waals surface area contributed by atoms with E-state index in [4.69, 9.17) is 4.74 Å². The lowest BCUT2D eigenvalue weighted by Gasteiger charge is -2.36. The van der Waals surface area contributed by atoms with Gasteiger partial charge in [0.15, 0.2) is 0 Å². The third-order valence-electron chi connectivity index (χ3n) is 4.82. The highest BCUT2D eigenvalue weighted by molar-refractivity contribution is 5.89. The van der Waals surface area contributed by atoms with E-state index in [0.29, 0.717) is 19.3 Å². The molecule has 174 valence electrons. The fraction of sp³-hybridized carbons (Fsp3) is 0.600. The Morgan fingerprint density at radius 3 is 2.45 bits per heavy atom. The van der Waals surface area contributed by atoms with Crippen LogP contribution < -0.4 is 16.0 Å². The molecular formula is C20H29F3N4O4. The maximum Gasteiger partial charge on any atom is 0.416 e. The summed E-state index contributed by atoms with van der Waals surface area (Å²) in [6, 6.07) is 3.35. The number of ether oxygens (including phenoxy) is 1. The number of rotatable bonds is 8. The predicted molar refractivity (Wildman–Crippen MR) is 109 cm³/mol. The maximum atomic E-state index is 12.6. The Morgan fingerprint density at radius 2 is 1.87 bits per heavy atom. The zero-order valence-electron chi connectivity index (χ0n) is 17.5. The van der Waals surface area contributed by atoms with Crippen LogP contribution in [0.25, 0.3) is 0 Å². The average molecular weight is 446 g/mol. The molecule has 3 amide bonds. The van der Waals surface area contributed by atoms with Gasteiger partial charge in [-0.3, -0.25) is 4.79 Å². The Morgan fingerprint density at radius 1 is 1.19 bits per heavy atom. The topological polar surface area (TPSA) is 103 Å². The van der Waals surface area contributed by atoms with E-state index in [2.05, 4.69) is 16.0 Å². The van der Waals surface area contributed by atoms with Crippen LogP contribution in [0.1, 0.15) is 24.8 Å². The van der Waals surface area contributed by atoms with Crippen LogP contribution in [0, 0.1) is 0 Å². The molecule has 1 aromatic carbocycles. The van der Waals surface area contributed by atoms with Gasteiger partial charge in [-0.2, -0.15) is 13.2 Å². The molecule has 0 bridgehead atoms. The zero-order chi connectivity index (χ0) is 23.0. The standard InChI is InChI=1S/C20H29F3N4O4/c1-27(2)11-18(29)26-16-8-7-15(31-17(16)12-28)9-10-24-19(30)25-14-5-3-13(4-6-14)20(21,22)23/h3-6,15-17,28H,7-12H2,1-2H3,(H,26,29)(H2,24,25,30)/t15-,16+,17+/m0/s1. The number of aliphatic hydroxyl groups is 1. The van der Waals surface area contributed by atoms with Crippen LogP contribution in [0.15, 0.2) is 24.3 Å². The quantitative estimate of drug-likeness (QED) is 0.488. The van der Waals surface area contributed by atoms with Crippen LogP contribution in [0.3, 0.4) is 0 Å². The highest BCUT2D eigenvalue weighted by atomic mass is 19.4. The number of hydrogen-bond donors (Lipinski definition) is 4. The molecule has 1 saturated heterocycles. The van der Waals surface area contributed by atoms with Gasteiger partial charge < -0.3 is 30.7 Å². The van der Waals surface area contributed by atoms with Crippen molar-refractivity contribution in [1.29, 1.82) is 0 Å². The van der Waals surface area contributed by atoms with Crippen molar-refractivity contribution < 1.29 is 32.6 Å². The molecule has 8 nitrogen and oxygen atoms in total. The minimum atomic E-state index is -4.43. The fourth-order valence-corrected chi connectivity index (χ4v) is 3.31. The predicted octanol–water partition coefficient (Wildman–Crippen LogP) is 1.80. The molecule has 11 heteroatoms. The van der Waals surface area contributed by atoms with E-state index in [1.165, 1.54) is 12.1 Å². The van der Waals surface area contributed by atoms with Crippen LogP contribution in [0.2, 0.25) is 0 Å². The summed E-state index contributed by atoms with van der Waals surface area (Å²) in [6.45, 7) is 0.300. The lowest BCUT2D eigenvalue weighted by molar-refractivity contribution is -0.137. The first-order valence-electron chi connectivity index (χ1n) is 10.0. The minimum absolute atomic E-state index is 0.142. The van der Waals surface area contributed by atoms with Crippen molar-refractivity contribution in [2.45, 2.75) is 43.7 Å². The van der Waals surface area contributed by atoms with Crippen LogP contribution in [0.4, 0.5) is 23.7 Å².